The molecule has 1 aromatic carbocycles. The zero-order valence-electron chi connectivity index (χ0n) is 13.8. The maximum atomic E-state index is 11.9. The minimum absolute atomic E-state index is 0.187. The minimum Gasteiger partial charge on any atom is -0.506 e. The van der Waals surface area contributed by atoms with Gasteiger partial charge in [0.1, 0.15) is 16.9 Å². The zero-order valence-corrected chi connectivity index (χ0v) is 13.8. The lowest BCUT2D eigenvalue weighted by atomic mass is 10.1. The molecule has 1 heterocycles. The number of hydrogen-bond acceptors (Lipinski definition) is 6. The van der Waals surface area contributed by atoms with Gasteiger partial charge in [-0.1, -0.05) is 25.5 Å². The molecule has 0 amide bonds. The summed E-state index contributed by atoms with van der Waals surface area (Å²) in [4.78, 5) is 27.7. The number of aryl methyl sites for hydroxylation is 1. The molecule has 0 bridgehead atoms. The number of Topliss-reactive ketones (excluding diaryl/α,β-unsaturated/α-hetero) is 1. The molecular weight excluding hydrogens is 310 g/mol. The first-order chi connectivity index (χ1) is 11.3. The van der Waals surface area contributed by atoms with Crippen LogP contribution in [0, 0.1) is 0 Å². The quantitative estimate of drug-likeness (QED) is 0.647. The van der Waals surface area contributed by atoms with E-state index in [2.05, 4.69) is 16.3 Å². The summed E-state index contributed by atoms with van der Waals surface area (Å²) in [5.41, 5.74) is 0.336. The van der Waals surface area contributed by atoms with Crippen molar-refractivity contribution in [1.82, 2.24) is 0 Å². The predicted molar refractivity (Wildman–Crippen MR) is 90.6 cm³/mol. The fourth-order valence-corrected chi connectivity index (χ4v) is 2.42. The molecule has 0 atom stereocenters. The zero-order chi connectivity index (χ0) is 17.9. The minimum atomic E-state index is -0.959. The van der Waals surface area contributed by atoms with E-state index in [0.29, 0.717) is 5.69 Å². The molecule has 0 aliphatic rings. The van der Waals surface area contributed by atoms with Crippen LogP contribution in [-0.4, -0.2) is 21.7 Å². The maximum Gasteiger partial charge on any atom is 0.351 e. The molecular formula is C18H19NO5. The van der Waals surface area contributed by atoms with Gasteiger partial charge in [-0.2, -0.15) is 0 Å². The number of rotatable bonds is 5. The van der Waals surface area contributed by atoms with E-state index < -0.39 is 28.7 Å². The SMILES string of the molecule is CCCc1ccc(N=C(C)c2c(O)c(C(C)=O)c(O)oc2=O)cc1. The lowest BCUT2D eigenvalue weighted by Crippen LogP contribution is -2.15. The van der Waals surface area contributed by atoms with Gasteiger partial charge in [0.05, 0.1) is 11.4 Å². The van der Waals surface area contributed by atoms with E-state index in [4.69, 9.17) is 0 Å². The van der Waals surface area contributed by atoms with Crippen LogP contribution in [0.2, 0.25) is 0 Å². The van der Waals surface area contributed by atoms with Crippen molar-refractivity contribution < 1.29 is 19.4 Å². The first kappa shape index (κ1) is 17.5. The van der Waals surface area contributed by atoms with E-state index in [9.17, 15) is 19.8 Å². The summed E-state index contributed by atoms with van der Waals surface area (Å²) in [6.45, 7) is 4.76. The summed E-state index contributed by atoms with van der Waals surface area (Å²) in [5, 5.41) is 19.7. The predicted octanol–water partition coefficient (Wildman–Crippen LogP) is 3.35. The van der Waals surface area contributed by atoms with Crippen molar-refractivity contribution in [3.05, 3.63) is 51.4 Å². The molecule has 1 aromatic heterocycles. The van der Waals surface area contributed by atoms with Crippen LogP contribution in [0.15, 0.2) is 38.5 Å². The Kier molecular flexibility index (Phi) is 5.18. The maximum absolute atomic E-state index is 11.9. The molecule has 0 unspecified atom stereocenters. The first-order valence-electron chi connectivity index (χ1n) is 7.59. The van der Waals surface area contributed by atoms with Crippen LogP contribution in [0.25, 0.3) is 0 Å². The second kappa shape index (κ2) is 7.12. The smallest absolute Gasteiger partial charge is 0.351 e. The summed E-state index contributed by atoms with van der Waals surface area (Å²) in [6, 6.07) is 7.49. The van der Waals surface area contributed by atoms with Crippen molar-refractivity contribution in [2.45, 2.75) is 33.6 Å². The Bertz CT molecular complexity index is 847. The van der Waals surface area contributed by atoms with Gasteiger partial charge in [0.25, 0.3) is 5.95 Å². The lowest BCUT2D eigenvalue weighted by Gasteiger charge is -2.07. The molecule has 0 radical (unpaired) electrons. The van der Waals surface area contributed by atoms with E-state index in [-0.39, 0.29) is 11.3 Å². The molecule has 24 heavy (non-hydrogen) atoms. The third-order valence-corrected chi connectivity index (χ3v) is 3.57. The third-order valence-electron chi connectivity index (χ3n) is 3.57. The van der Waals surface area contributed by atoms with Gasteiger partial charge in [0.15, 0.2) is 5.78 Å². The lowest BCUT2D eigenvalue weighted by molar-refractivity contribution is 0.100. The highest BCUT2D eigenvalue weighted by atomic mass is 16.5. The topological polar surface area (TPSA) is 100 Å². The first-order valence-corrected chi connectivity index (χ1v) is 7.59. The van der Waals surface area contributed by atoms with Crippen LogP contribution >= 0.6 is 0 Å². The molecule has 2 aromatic rings. The number of aromatic hydroxyl groups is 2. The van der Waals surface area contributed by atoms with E-state index >= 15 is 0 Å². The summed E-state index contributed by atoms with van der Waals surface area (Å²) >= 11 is 0. The summed E-state index contributed by atoms with van der Waals surface area (Å²) in [5.74, 6) is -2.14. The molecule has 0 saturated carbocycles. The van der Waals surface area contributed by atoms with Gasteiger partial charge in [-0.3, -0.25) is 9.79 Å². The molecule has 0 fully saturated rings. The Labute approximate surface area is 139 Å². The molecule has 2 rings (SSSR count). The van der Waals surface area contributed by atoms with Crippen LogP contribution in [0.4, 0.5) is 5.69 Å². The van der Waals surface area contributed by atoms with Crippen molar-refractivity contribution in [2.24, 2.45) is 4.99 Å². The standard InChI is InChI=1S/C18H19NO5/c1-4-5-12-6-8-13(9-7-12)19-10(2)14-16(21)15(11(3)20)18(23)24-17(14)22/h6-9,21,23H,4-5H2,1-3H3. The summed E-state index contributed by atoms with van der Waals surface area (Å²) in [7, 11) is 0. The molecule has 0 aliphatic heterocycles. The van der Waals surface area contributed by atoms with Crippen LogP contribution in [0.3, 0.4) is 0 Å². The van der Waals surface area contributed by atoms with E-state index in [1.165, 1.54) is 12.5 Å². The largest absolute Gasteiger partial charge is 0.506 e. The van der Waals surface area contributed by atoms with Gasteiger partial charge >= 0.3 is 5.63 Å². The molecule has 6 nitrogen and oxygen atoms in total. The third kappa shape index (κ3) is 3.53. The summed E-state index contributed by atoms with van der Waals surface area (Å²) in [6.07, 6.45) is 2.01. The van der Waals surface area contributed by atoms with E-state index in [1.54, 1.807) is 12.1 Å². The molecule has 0 saturated heterocycles. The van der Waals surface area contributed by atoms with E-state index in [1.807, 2.05) is 12.1 Å². The highest BCUT2D eigenvalue weighted by molar-refractivity contribution is 6.07. The van der Waals surface area contributed by atoms with Gasteiger partial charge in [-0.25, -0.2) is 4.79 Å². The Balaban J connectivity index is 2.49. The average molecular weight is 329 g/mol. The van der Waals surface area contributed by atoms with Crippen molar-refractivity contribution in [2.75, 3.05) is 0 Å². The Morgan fingerprint density at radius 3 is 2.29 bits per heavy atom. The molecule has 126 valence electrons. The van der Waals surface area contributed by atoms with Crippen LogP contribution in [0.5, 0.6) is 11.7 Å². The van der Waals surface area contributed by atoms with Gasteiger partial charge in [0.2, 0.25) is 0 Å². The highest BCUT2D eigenvalue weighted by Gasteiger charge is 2.23. The fourth-order valence-electron chi connectivity index (χ4n) is 2.42. The van der Waals surface area contributed by atoms with Gasteiger partial charge in [-0.15, -0.1) is 0 Å². The van der Waals surface area contributed by atoms with Crippen molar-refractivity contribution in [1.29, 1.82) is 0 Å². The van der Waals surface area contributed by atoms with Crippen molar-refractivity contribution in [3.63, 3.8) is 0 Å². The van der Waals surface area contributed by atoms with Gasteiger partial charge < -0.3 is 14.6 Å². The molecule has 0 aliphatic carbocycles. The van der Waals surface area contributed by atoms with Crippen molar-refractivity contribution in [3.8, 4) is 11.7 Å². The highest BCUT2D eigenvalue weighted by Crippen LogP contribution is 2.29. The number of benzene rings is 1. The van der Waals surface area contributed by atoms with Gasteiger partial charge in [-0.05, 0) is 38.0 Å². The number of ketones is 1. The van der Waals surface area contributed by atoms with E-state index in [0.717, 1.165) is 19.8 Å². The second-order valence-electron chi connectivity index (χ2n) is 5.46. The number of carbonyl (C=O) groups excluding carboxylic acids is 1. The van der Waals surface area contributed by atoms with Crippen LogP contribution in [-0.2, 0) is 6.42 Å². The Hall–Kier alpha value is -2.89. The molecule has 0 spiro atoms. The van der Waals surface area contributed by atoms with Crippen molar-refractivity contribution >= 4 is 17.2 Å². The van der Waals surface area contributed by atoms with Gasteiger partial charge in [0, 0.05) is 0 Å². The number of hydrogen-bond donors (Lipinski definition) is 2. The average Bonchev–Trinajstić information content (AvgIpc) is 2.48. The Morgan fingerprint density at radius 2 is 1.75 bits per heavy atom. The van der Waals surface area contributed by atoms with Crippen LogP contribution < -0.4 is 5.63 Å². The molecule has 6 heteroatoms. The Morgan fingerprint density at radius 1 is 1.12 bits per heavy atom. The monoisotopic (exact) mass is 329 g/mol. The fraction of sp³-hybridized carbons (Fsp3) is 0.278. The number of aliphatic imine (C=N–C) groups is 1. The number of carbonyl (C=O) groups is 1. The summed E-state index contributed by atoms with van der Waals surface area (Å²) < 4.78 is 4.63. The second-order valence-corrected chi connectivity index (χ2v) is 5.46. The normalized spacial score (nSPS) is 11.5. The van der Waals surface area contributed by atoms with Crippen LogP contribution in [0.1, 0.15) is 48.7 Å². The number of nitrogens with zero attached hydrogens (tertiary/aromatic N) is 1. The molecule has 2 N–H and O–H groups in total.